The first-order valence-electron chi connectivity index (χ1n) is 5.77. The highest BCUT2D eigenvalue weighted by atomic mass is 32.1. The normalized spacial score (nSPS) is 11.9. The number of nitrogens with one attached hydrogen (secondary N) is 1. The van der Waals surface area contributed by atoms with Crippen LogP contribution in [0.5, 0.6) is 0 Å². The molecular formula is C12H18N2O3S. The van der Waals surface area contributed by atoms with E-state index in [2.05, 4.69) is 17.9 Å². The Morgan fingerprint density at radius 3 is 2.72 bits per heavy atom. The average molecular weight is 270 g/mol. The first-order chi connectivity index (χ1) is 8.58. The molecule has 1 aromatic heterocycles. The SMILES string of the molecule is CCN(Cc1ccco1)C(=O)C(CS)NC(C)=O. The maximum Gasteiger partial charge on any atom is 0.246 e. The Bertz CT molecular complexity index is 392. The van der Waals surface area contributed by atoms with Gasteiger partial charge in [0.25, 0.3) is 0 Å². The van der Waals surface area contributed by atoms with Crippen molar-refractivity contribution in [2.75, 3.05) is 12.3 Å². The molecule has 1 aromatic rings. The third-order valence-corrected chi connectivity index (χ3v) is 2.84. The van der Waals surface area contributed by atoms with Crippen LogP contribution in [0.25, 0.3) is 0 Å². The van der Waals surface area contributed by atoms with Crippen molar-refractivity contribution in [2.24, 2.45) is 0 Å². The zero-order chi connectivity index (χ0) is 13.5. The largest absolute Gasteiger partial charge is 0.467 e. The third kappa shape index (κ3) is 4.10. The number of carbonyl (C=O) groups excluding carboxylic acids is 2. The Kier molecular flexibility index (Phi) is 5.77. The van der Waals surface area contributed by atoms with Crippen molar-refractivity contribution in [1.29, 1.82) is 0 Å². The predicted octanol–water partition coefficient (Wildman–Crippen LogP) is 1.06. The highest BCUT2D eigenvalue weighted by molar-refractivity contribution is 7.80. The summed E-state index contributed by atoms with van der Waals surface area (Å²) in [6, 6.07) is 2.99. The van der Waals surface area contributed by atoms with Gasteiger partial charge in [-0.05, 0) is 19.1 Å². The van der Waals surface area contributed by atoms with Crippen LogP contribution in [0.4, 0.5) is 0 Å². The first-order valence-corrected chi connectivity index (χ1v) is 6.40. The van der Waals surface area contributed by atoms with E-state index in [1.807, 2.05) is 13.0 Å². The second kappa shape index (κ2) is 7.10. The van der Waals surface area contributed by atoms with Crippen molar-refractivity contribution >= 4 is 24.4 Å². The van der Waals surface area contributed by atoms with Gasteiger partial charge < -0.3 is 14.6 Å². The first kappa shape index (κ1) is 14.6. The van der Waals surface area contributed by atoms with Crippen LogP contribution in [0.2, 0.25) is 0 Å². The molecule has 0 aliphatic rings. The van der Waals surface area contributed by atoms with Crippen LogP contribution in [-0.2, 0) is 16.1 Å². The van der Waals surface area contributed by atoms with E-state index in [0.29, 0.717) is 18.8 Å². The number of nitrogens with zero attached hydrogens (tertiary/aromatic N) is 1. The van der Waals surface area contributed by atoms with Crippen molar-refractivity contribution in [3.8, 4) is 0 Å². The van der Waals surface area contributed by atoms with Gasteiger partial charge >= 0.3 is 0 Å². The number of carbonyl (C=O) groups is 2. The Labute approximate surface area is 112 Å². The monoisotopic (exact) mass is 270 g/mol. The molecule has 18 heavy (non-hydrogen) atoms. The molecular weight excluding hydrogens is 252 g/mol. The highest BCUT2D eigenvalue weighted by Crippen LogP contribution is 2.07. The number of hydrogen-bond donors (Lipinski definition) is 2. The van der Waals surface area contributed by atoms with Crippen LogP contribution in [0.3, 0.4) is 0 Å². The molecule has 0 bridgehead atoms. The van der Waals surface area contributed by atoms with Crippen molar-refractivity contribution in [1.82, 2.24) is 10.2 Å². The maximum absolute atomic E-state index is 12.2. The zero-order valence-electron chi connectivity index (χ0n) is 10.5. The van der Waals surface area contributed by atoms with E-state index in [-0.39, 0.29) is 17.6 Å². The van der Waals surface area contributed by atoms with Crippen molar-refractivity contribution in [3.05, 3.63) is 24.2 Å². The summed E-state index contributed by atoms with van der Waals surface area (Å²) in [5.41, 5.74) is 0. The lowest BCUT2D eigenvalue weighted by Crippen LogP contribution is -2.48. The topological polar surface area (TPSA) is 62.6 Å². The Hall–Kier alpha value is -1.43. The minimum absolute atomic E-state index is 0.154. The van der Waals surface area contributed by atoms with Crippen LogP contribution in [0.1, 0.15) is 19.6 Å². The number of thiol groups is 1. The Morgan fingerprint density at radius 2 is 2.28 bits per heavy atom. The summed E-state index contributed by atoms with van der Waals surface area (Å²) in [6.07, 6.45) is 1.57. The summed E-state index contributed by atoms with van der Waals surface area (Å²) in [6.45, 7) is 4.20. The summed E-state index contributed by atoms with van der Waals surface area (Å²) in [4.78, 5) is 24.8. The van der Waals surface area contributed by atoms with Gasteiger partial charge in [-0.3, -0.25) is 9.59 Å². The molecule has 1 rings (SSSR count). The lowest BCUT2D eigenvalue weighted by atomic mass is 10.2. The van der Waals surface area contributed by atoms with E-state index < -0.39 is 6.04 Å². The van der Waals surface area contributed by atoms with Gasteiger partial charge in [-0.2, -0.15) is 12.6 Å². The van der Waals surface area contributed by atoms with Crippen molar-refractivity contribution in [2.45, 2.75) is 26.4 Å². The van der Waals surface area contributed by atoms with Crippen LogP contribution < -0.4 is 5.32 Å². The molecule has 100 valence electrons. The molecule has 6 heteroatoms. The molecule has 2 amide bonds. The van der Waals surface area contributed by atoms with Gasteiger partial charge in [0, 0.05) is 19.2 Å². The number of hydrogen-bond acceptors (Lipinski definition) is 4. The minimum atomic E-state index is -0.597. The van der Waals surface area contributed by atoms with Crippen LogP contribution in [-0.4, -0.2) is 35.1 Å². The van der Waals surface area contributed by atoms with Crippen LogP contribution in [0, 0.1) is 0 Å². The van der Waals surface area contributed by atoms with Gasteiger partial charge in [-0.25, -0.2) is 0 Å². The highest BCUT2D eigenvalue weighted by Gasteiger charge is 2.23. The lowest BCUT2D eigenvalue weighted by Gasteiger charge is -2.25. The number of likely N-dealkylation sites (N-methyl/N-ethyl adjacent to an activating group) is 1. The second-order valence-corrected chi connectivity index (χ2v) is 4.23. The quantitative estimate of drug-likeness (QED) is 0.760. The fourth-order valence-corrected chi connectivity index (χ4v) is 1.83. The molecule has 0 aliphatic heterocycles. The van der Waals surface area contributed by atoms with E-state index in [1.165, 1.54) is 6.92 Å². The van der Waals surface area contributed by atoms with Gasteiger partial charge in [0.1, 0.15) is 11.8 Å². The van der Waals surface area contributed by atoms with E-state index in [4.69, 9.17) is 4.42 Å². The number of rotatable bonds is 6. The fraction of sp³-hybridized carbons (Fsp3) is 0.500. The molecule has 1 heterocycles. The standard InChI is InChI=1S/C12H18N2O3S/c1-3-14(7-10-5-4-6-17-10)12(16)11(8-18)13-9(2)15/h4-6,11,18H,3,7-8H2,1-2H3,(H,13,15). The minimum Gasteiger partial charge on any atom is -0.467 e. The molecule has 1 N–H and O–H groups in total. The van der Waals surface area contributed by atoms with Gasteiger partial charge in [-0.1, -0.05) is 0 Å². The van der Waals surface area contributed by atoms with Crippen molar-refractivity contribution < 1.29 is 14.0 Å². The van der Waals surface area contributed by atoms with Crippen molar-refractivity contribution in [3.63, 3.8) is 0 Å². The number of amides is 2. The average Bonchev–Trinajstić information content (AvgIpc) is 2.84. The Morgan fingerprint density at radius 1 is 1.56 bits per heavy atom. The number of furan rings is 1. The summed E-state index contributed by atoms with van der Waals surface area (Å²) in [5.74, 6) is 0.592. The summed E-state index contributed by atoms with van der Waals surface area (Å²) in [5, 5.41) is 2.59. The van der Waals surface area contributed by atoms with Gasteiger partial charge in [-0.15, -0.1) is 0 Å². The molecule has 0 fully saturated rings. The summed E-state index contributed by atoms with van der Waals surface area (Å²) in [7, 11) is 0. The smallest absolute Gasteiger partial charge is 0.246 e. The second-order valence-electron chi connectivity index (χ2n) is 3.87. The van der Waals surface area contributed by atoms with Gasteiger partial charge in [0.15, 0.2) is 0 Å². The molecule has 0 aliphatic carbocycles. The van der Waals surface area contributed by atoms with Gasteiger partial charge in [0.2, 0.25) is 11.8 Å². The molecule has 0 saturated heterocycles. The molecule has 1 unspecified atom stereocenters. The molecule has 0 spiro atoms. The molecule has 0 aromatic carbocycles. The maximum atomic E-state index is 12.2. The van der Waals surface area contributed by atoms with E-state index >= 15 is 0 Å². The summed E-state index contributed by atoms with van der Waals surface area (Å²) >= 11 is 4.09. The fourth-order valence-electron chi connectivity index (χ4n) is 1.59. The Balaban J connectivity index is 2.68. The molecule has 0 radical (unpaired) electrons. The van der Waals surface area contributed by atoms with Crippen LogP contribution in [0.15, 0.2) is 22.8 Å². The lowest BCUT2D eigenvalue weighted by molar-refractivity contribution is -0.136. The van der Waals surface area contributed by atoms with E-state index in [0.717, 1.165) is 0 Å². The van der Waals surface area contributed by atoms with E-state index in [1.54, 1.807) is 17.2 Å². The molecule has 1 atom stereocenters. The van der Waals surface area contributed by atoms with E-state index in [9.17, 15) is 9.59 Å². The predicted molar refractivity (Wildman–Crippen MR) is 71.3 cm³/mol. The van der Waals surface area contributed by atoms with Gasteiger partial charge in [0.05, 0.1) is 12.8 Å². The third-order valence-electron chi connectivity index (χ3n) is 2.48. The van der Waals surface area contributed by atoms with Crippen LogP contribution >= 0.6 is 12.6 Å². The zero-order valence-corrected chi connectivity index (χ0v) is 11.4. The summed E-state index contributed by atoms with van der Waals surface area (Å²) < 4.78 is 5.21. The molecule has 0 saturated carbocycles. The molecule has 5 nitrogen and oxygen atoms in total.